The van der Waals surface area contributed by atoms with Crippen LogP contribution in [-0.4, -0.2) is 27.1 Å². The summed E-state index contributed by atoms with van der Waals surface area (Å²) >= 11 is 0. The summed E-state index contributed by atoms with van der Waals surface area (Å²) in [6.45, 7) is 2.96. The highest BCUT2D eigenvalue weighted by Gasteiger charge is 2.24. The van der Waals surface area contributed by atoms with Crippen molar-refractivity contribution in [3.05, 3.63) is 27.6 Å². The van der Waals surface area contributed by atoms with Gasteiger partial charge in [-0.05, 0) is 13.8 Å². The Morgan fingerprint density at radius 2 is 2.07 bits per heavy atom. The number of nitro groups is 1. The van der Waals surface area contributed by atoms with Crippen molar-refractivity contribution in [3.8, 4) is 0 Å². The second-order valence-corrected chi connectivity index (χ2v) is 2.90. The second kappa shape index (κ2) is 3.73. The van der Waals surface area contributed by atoms with Gasteiger partial charge in [0.2, 0.25) is 0 Å². The van der Waals surface area contributed by atoms with E-state index in [1.54, 1.807) is 0 Å². The maximum absolute atomic E-state index is 10.6. The molecular formula is C7H9BN2O4. The predicted octanol–water partition coefficient (Wildman–Crippen LogP) is -0.714. The van der Waals surface area contributed by atoms with Crippen molar-refractivity contribution >= 4 is 18.3 Å². The van der Waals surface area contributed by atoms with Crippen LogP contribution in [0.25, 0.3) is 0 Å². The summed E-state index contributed by atoms with van der Waals surface area (Å²) in [4.78, 5) is 13.8. The molecule has 0 unspecified atom stereocenters. The summed E-state index contributed by atoms with van der Waals surface area (Å²) in [5.41, 5.74) is 0.382. The van der Waals surface area contributed by atoms with E-state index in [1.165, 1.54) is 20.0 Å². The quantitative estimate of drug-likeness (QED) is 0.369. The minimum absolute atomic E-state index is 0.0577. The Morgan fingerprint density at radius 3 is 2.50 bits per heavy atom. The summed E-state index contributed by atoms with van der Waals surface area (Å²) in [7, 11) is -1.73. The first-order chi connectivity index (χ1) is 6.45. The number of hydrogen-bond acceptors (Lipinski definition) is 5. The summed E-state index contributed by atoms with van der Waals surface area (Å²) in [5, 5.41) is 28.4. The Bertz CT molecular complexity index is 380. The first-order valence-corrected chi connectivity index (χ1v) is 3.91. The Kier molecular flexibility index (Phi) is 2.83. The van der Waals surface area contributed by atoms with Gasteiger partial charge in [0.15, 0.2) is 0 Å². The molecule has 6 nitrogen and oxygen atoms in total. The van der Waals surface area contributed by atoms with Gasteiger partial charge < -0.3 is 10.0 Å². The van der Waals surface area contributed by atoms with Gasteiger partial charge in [0.1, 0.15) is 5.69 Å². The van der Waals surface area contributed by atoms with Crippen LogP contribution in [0.1, 0.15) is 11.3 Å². The van der Waals surface area contributed by atoms with Crippen LogP contribution >= 0.6 is 0 Å². The molecule has 74 valence electrons. The molecule has 2 N–H and O–H groups in total. The van der Waals surface area contributed by atoms with Gasteiger partial charge in [-0.3, -0.25) is 15.1 Å². The Morgan fingerprint density at radius 1 is 1.50 bits per heavy atom. The van der Waals surface area contributed by atoms with Gasteiger partial charge in [-0.1, -0.05) is 0 Å². The summed E-state index contributed by atoms with van der Waals surface area (Å²) in [6, 6.07) is 0. The first-order valence-electron chi connectivity index (χ1n) is 3.91. The van der Waals surface area contributed by atoms with Crippen LogP contribution in [0.5, 0.6) is 0 Å². The average molecular weight is 196 g/mol. The van der Waals surface area contributed by atoms with Crippen LogP contribution < -0.4 is 5.46 Å². The van der Waals surface area contributed by atoms with Gasteiger partial charge in [-0.15, -0.1) is 0 Å². The van der Waals surface area contributed by atoms with Gasteiger partial charge in [0.05, 0.1) is 4.92 Å². The smallest absolute Gasteiger partial charge is 0.423 e. The molecular weight excluding hydrogens is 187 g/mol. The highest BCUT2D eigenvalue weighted by atomic mass is 16.6. The van der Waals surface area contributed by atoms with Crippen molar-refractivity contribution in [1.82, 2.24) is 4.98 Å². The van der Waals surface area contributed by atoms with Crippen LogP contribution in [0.2, 0.25) is 0 Å². The SMILES string of the molecule is Cc1ncc(B(O)O)c(C)c1[N+](=O)[O-]. The van der Waals surface area contributed by atoms with Gasteiger partial charge in [0, 0.05) is 17.2 Å². The molecule has 0 amide bonds. The molecule has 0 radical (unpaired) electrons. The molecule has 0 aromatic carbocycles. The minimum Gasteiger partial charge on any atom is -0.423 e. The zero-order chi connectivity index (χ0) is 10.9. The fourth-order valence-electron chi connectivity index (χ4n) is 1.26. The van der Waals surface area contributed by atoms with E-state index in [4.69, 9.17) is 10.0 Å². The van der Waals surface area contributed by atoms with E-state index >= 15 is 0 Å². The molecule has 7 heteroatoms. The molecule has 0 fully saturated rings. The molecule has 0 bridgehead atoms. The number of nitrogens with zero attached hydrogens (tertiary/aromatic N) is 2. The third kappa shape index (κ3) is 1.73. The molecule has 1 rings (SSSR count). The second-order valence-electron chi connectivity index (χ2n) is 2.90. The molecule has 0 saturated carbocycles. The maximum atomic E-state index is 10.6. The third-order valence-corrected chi connectivity index (χ3v) is 1.99. The molecule has 14 heavy (non-hydrogen) atoms. The van der Waals surface area contributed by atoms with Gasteiger partial charge in [0.25, 0.3) is 5.69 Å². The van der Waals surface area contributed by atoms with Crippen molar-refractivity contribution in [2.45, 2.75) is 13.8 Å². The Labute approximate surface area is 80.5 Å². The van der Waals surface area contributed by atoms with Crippen molar-refractivity contribution in [2.24, 2.45) is 0 Å². The number of rotatable bonds is 2. The van der Waals surface area contributed by atoms with Gasteiger partial charge >= 0.3 is 7.12 Å². The van der Waals surface area contributed by atoms with Crippen LogP contribution in [-0.2, 0) is 0 Å². The van der Waals surface area contributed by atoms with Crippen LogP contribution in [0.3, 0.4) is 0 Å². The van der Waals surface area contributed by atoms with Crippen molar-refractivity contribution in [3.63, 3.8) is 0 Å². The van der Waals surface area contributed by atoms with Crippen LogP contribution in [0, 0.1) is 24.0 Å². The topological polar surface area (TPSA) is 96.5 Å². The monoisotopic (exact) mass is 196 g/mol. The average Bonchev–Trinajstić information content (AvgIpc) is 2.02. The lowest BCUT2D eigenvalue weighted by Gasteiger charge is -2.05. The summed E-state index contributed by atoms with van der Waals surface area (Å²) in [6.07, 6.45) is 1.22. The summed E-state index contributed by atoms with van der Waals surface area (Å²) in [5.74, 6) is 0. The number of hydrogen-bond donors (Lipinski definition) is 2. The standard InChI is InChI=1S/C7H9BN2O4/c1-4-6(8(11)12)3-9-5(2)7(4)10(13)14/h3,11-12H,1-2H3. The molecule has 0 spiro atoms. The molecule has 1 aromatic heterocycles. The highest BCUT2D eigenvalue weighted by Crippen LogP contribution is 2.18. The minimum atomic E-state index is -1.73. The van der Waals surface area contributed by atoms with E-state index < -0.39 is 12.0 Å². The fraction of sp³-hybridized carbons (Fsp3) is 0.286. The molecule has 1 heterocycles. The first kappa shape index (κ1) is 10.6. The Hall–Kier alpha value is -1.47. The number of aromatic nitrogens is 1. The van der Waals surface area contributed by atoms with Crippen molar-refractivity contribution in [2.75, 3.05) is 0 Å². The number of pyridine rings is 1. The predicted molar refractivity (Wildman–Crippen MR) is 50.2 cm³/mol. The Balaban J connectivity index is 3.41. The van der Waals surface area contributed by atoms with Crippen molar-refractivity contribution < 1.29 is 15.0 Å². The zero-order valence-electron chi connectivity index (χ0n) is 7.76. The fourth-order valence-corrected chi connectivity index (χ4v) is 1.26. The number of aryl methyl sites for hydroxylation is 1. The zero-order valence-corrected chi connectivity index (χ0v) is 7.76. The van der Waals surface area contributed by atoms with Crippen LogP contribution in [0.15, 0.2) is 6.20 Å². The molecule has 0 aliphatic heterocycles. The van der Waals surface area contributed by atoms with Gasteiger partial charge in [-0.25, -0.2) is 0 Å². The maximum Gasteiger partial charge on any atom is 0.490 e. The largest absolute Gasteiger partial charge is 0.490 e. The lowest BCUT2D eigenvalue weighted by atomic mass is 9.78. The van der Waals surface area contributed by atoms with E-state index in [-0.39, 0.29) is 22.4 Å². The van der Waals surface area contributed by atoms with E-state index in [0.717, 1.165) is 0 Å². The molecule has 0 aliphatic carbocycles. The molecule has 0 atom stereocenters. The molecule has 1 aromatic rings. The molecule has 0 aliphatic rings. The summed E-state index contributed by atoms with van der Waals surface area (Å²) < 4.78 is 0. The molecule has 0 saturated heterocycles. The van der Waals surface area contributed by atoms with E-state index in [9.17, 15) is 10.1 Å². The lowest BCUT2D eigenvalue weighted by molar-refractivity contribution is -0.386. The lowest BCUT2D eigenvalue weighted by Crippen LogP contribution is -2.33. The van der Waals surface area contributed by atoms with E-state index in [2.05, 4.69) is 4.98 Å². The van der Waals surface area contributed by atoms with Crippen molar-refractivity contribution in [1.29, 1.82) is 0 Å². The highest BCUT2D eigenvalue weighted by molar-refractivity contribution is 6.59. The van der Waals surface area contributed by atoms with E-state index in [0.29, 0.717) is 0 Å². The normalized spacial score (nSPS) is 10.0. The van der Waals surface area contributed by atoms with E-state index in [1.807, 2.05) is 0 Å². The van der Waals surface area contributed by atoms with Gasteiger partial charge in [-0.2, -0.15) is 0 Å². The third-order valence-electron chi connectivity index (χ3n) is 1.99. The van der Waals surface area contributed by atoms with Crippen LogP contribution in [0.4, 0.5) is 5.69 Å².